The molecule has 0 saturated carbocycles. The number of carbonyl (C=O) groups is 2. The third-order valence-electron chi connectivity index (χ3n) is 4.77. The number of nitrogens with one attached hydrogen (secondary N) is 1. The van der Waals surface area contributed by atoms with E-state index in [-0.39, 0.29) is 31.6 Å². The van der Waals surface area contributed by atoms with Gasteiger partial charge in [-0.15, -0.1) is 0 Å². The molecule has 0 aliphatic carbocycles. The van der Waals surface area contributed by atoms with Crippen LogP contribution >= 0.6 is 22.6 Å². The van der Waals surface area contributed by atoms with Crippen molar-refractivity contribution in [2.45, 2.75) is 0 Å². The molecule has 180 valence electrons. The van der Waals surface area contributed by atoms with Crippen LogP contribution in [0.15, 0.2) is 48.7 Å². The number of hydrogen-bond acceptors (Lipinski definition) is 7. The number of hydrogen-bond donors (Lipinski definition) is 1. The van der Waals surface area contributed by atoms with E-state index in [1.54, 1.807) is 73.4 Å². The van der Waals surface area contributed by atoms with Gasteiger partial charge in [0.2, 0.25) is 0 Å². The zero-order chi connectivity index (χ0) is 24.7. The molecule has 2 aromatic carbocycles. The number of halogens is 1. The number of aryl methyl sites for hydroxylation is 1. The minimum Gasteiger partial charge on any atom is -0.497 e. The fourth-order valence-corrected chi connectivity index (χ4v) is 3.98. The summed E-state index contributed by atoms with van der Waals surface area (Å²) < 4.78 is 19.0. The van der Waals surface area contributed by atoms with Crippen LogP contribution in [0.1, 0.15) is 10.4 Å². The van der Waals surface area contributed by atoms with Gasteiger partial charge in [-0.25, -0.2) is 0 Å². The highest BCUT2D eigenvalue weighted by Crippen LogP contribution is 2.35. The first kappa shape index (κ1) is 25.5. The number of rotatable bonds is 10. The van der Waals surface area contributed by atoms with E-state index in [2.05, 4.69) is 33.0 Å². The van der Waals surface area contributed by atoms with Crippen LogP contribution in [0, 0.1) is 3.57 Å². The summed E-state index contributed by atoms with van der Waals surface area (Å²) in [4.78, 5) is 26.3. The summed E-state index contributed by atoms with van der Waals surface area (Å²) >= 11 is 2.21. The third-order valence-corrected chi connectivity index (χ3v) is 5.56. The molecule has 1 amide bonds. The topological polar surface area (TPSA) is 94.9 Å². The molecule has 0 aliphatic rings. The molecule has 3 rings (SSSR count). The van der Waals surface area contributed by atoms with E-state index in [1.165, 1.54) is 0 Å². The Bertz CT molecular complexity index is 1140. The molecule has 0 atom stereocenters. The van der Waals surface area contributed by atoms with Gasteiger partial charge in [0, 0.05) is 23.9 Å². The van der Waals surface area contributed by atoms with Gasteiger partial charge in [0.1, 0.15) is 24.7 Å². The van der Waals surface area contributed by atoms with Crippen LogP contribution in [-0.4, -0.2) is 67.5 Å². The van der Waals surface area contributed by atoms with Crippen LogP contribution < -0.4 is 14.8 Å². The van der Waals surface area contributed by atoms with Crippen molar-refractivity contribution in [2.75, 3.05) is 46.3 Å². The van der Waals surface area contributed by atoms with E-state index in [0.29, 0.717) is 22.7 Å². The molecule has 34 heavy (non-hydrogen) atoms. The second kappa shape index (κ2) is 11.8. The summed E-state index contributed by atoms with van der Waals surface area (Å²) in [6, 6.07) is 12.3. The first-order valence-electron chi connectivity index (χ1n) is 10.5. The standard InChI is InChI=1S/C24H27IN4O5/c1-28(2)15-22(30)34-11-10-33-21-9-8-17(13-19(21)23-20(25)14-26-29(23)3)27-24(31)16-6-5-7-18(12-16)32-4/h5-9,12-14H,10-11,15H2,1-4H3,(H,27,31). The van der Waals surface area contributed by atoms with Gasteiger partial charge in [-0.2, -0.15) is 5.10 Å². The molecule has 0 unspecified atom stereocenters. The normalized spacial score (nSPS) is 10.8. The fraction of sp³-hybridized carbons (Fsp3) is 0.292. The van der Waals surface area contributed by atoms with Crippen LogP contribution in [0.2, 0.25) is 0 Å². The molecule has 0 saturated heterocycles. The van der Waals surface area contributed by atoms with Gasteiger partial charge in [0.25, 0.3) is 5.91 Å². The lowest BCUT2D eigenvalue weighted by atomic mass is 10.1. The van der Waals surface area contributed by atoms with Crippen LogP contribution in [0.25, 0.3) is 11.3 Å². The van der Waals surface area contributed by atoms with Crippen molar-refractivity contribution < 1.29 is 23.8 Å². The van der Waals surface area contributed by atoms with Gasteiger partial charge in [-0.05, 0) is 73.1 Å². The number of ether oxygens (including phenoxy) is 3. The fourth-order valence-electron chi connectivity index (χ4n) is 3.21. The van der Waals surface area contributed by atoms with Crippen LogP contribution in [-0.2, 0) is 16.6 Å². The Labute approximate surface area is 212 Å². The predicted octanol–water partition coefficient (Wildman–Crippen LogP) is 3.44. The molecule has 9 nitrogen and oxygen atoms in total. The molecule has 0 aliphatic heterocycles. The lowest BCUT2D eigenvalue weighted by molar-refractivity contribution is -0.145. The van der Waals surface area contributed by atoms with Crippen molar-refractivity contribution in [1.29, 1.82) is 0 Å². The second-order valence-electron chi connectivity index (χ2n) is 7.67. The number of amides is 1. The SMILES string of the molecule is COc1cccc(C(=O)Nc2ccc(OCCOC(=O)CN(C)C)c(-c3c(I)cnn3C)c2)c1. The number of aromatic nitrogens is 2. The predicted molar refractivity (Wildman–Crippen MR) is 137 cm³/mol. The smallest absolute Gasteiger partial charge is 0.320 e. The molecule has 10 heteroatoms. The van der Waals surface area contributed by atoms with E-state index >= 15 is 0 Å². The number of carbonyl (C=O) groups excluding carboxylic acids is 2. The number of nitrogens with zero attached hydrogens (tertiary/aromatic N) is 3. The molecular formula is C24H27IN4O5. The molecule has 3 aromatic rings. The Morgan fingerprint density at radius 1 is 1.15 bits per heavy atom. The molecule has 1 N–H and O–H groups in total. The first-order chi connectivity index (χ1) is 16.3. The van der Waals surface area contributed by atoms with E-state index in [4.69, 9.17) is 14.2 Å². The average Bonchev–Trinajstić information content (AvgIpc) is 3.14. The highest BCUT2D eigenvalue weighted by Gasteiger charge is 2.17. The van der Waals surface area contributed by atoms with Crippen molar-refractivity contribution in [2.24, 2.45) is 7.05 Å². The summed E-state index contributed by atoms with van der Waals surface area (Å²) in [6.07, 6.45) is 1.75. The van der Waals surface area contributed by atoms with E-state index in [9.17, 15) is 9.59 Å². The van der Waals surface area contributed by atoms with Crippen molar-refractivity contribution in [3.05, 3.63) is 57.8 Å². The van der Waals surface area contributed by atoms with E-state index < -0.39 is 0 Å². The van der Waals surface area contributed by atoms with Gasteiger partial charge >= 0.3 is 5.97 Å². The Balaban J connectivity index is 1.79. The van der Waals surface area contributed by atoms with Crippen LogP contribution in [0.4, 0.5) is 5.69 Å². The Kier molecular flexibility index (Phi) is 8.88. The number of likely N-dealkylation sites (N-methyl/N-ethyl adjacent to an activating group) is 1. The van der Waals surface area contributed by atoms with Gasteiger partial charge in [-0.3, -0.25) is 19.2 Å². The zero-order valence-electron chi connectivity index (χ0n) is 19.5. The zero-order valence-corrected chi connectivity index (χ0v) is 21.7. The number of esters is 1. The largest absolute Gasteiger partial charge is 0.497 e. The van der Waals surface area contributed by atoms with Gasteiger partial charge in [0.05, 0.1) is 29.1 Å². The Morgan fingerprint density at radius 3 is 2.62 bits per heavy atom. The average molecular weight is 578 g/mol. The molecular weight excluding hydrogens is 551 g/mol. The molecule has 0 radical (unpaired) electrons. The quantitative estimate of drug-likeness (QED) is 0.224. The summed E-state index contributed by atoms with van der Waals surface area (Å²) in [5.41, 5.74) is 2.69. The van der Waals surface area contributed by atoms with Crippen molar-refractivity contribution in [1.82, 2.24) is 14.7 Å². The monoisotopic (exact) mass is 578 g/mol. The second-order valence-corrected chi connectivity index (χ2v) is 8.83. The molecule has 1 aromatic heterocycles. The molecule has 1 heterocycles. The number of benzene rings is 2. The van der Waals surface area contributed by atoms with E-state index in [0.717, 1.165) is 14.8 Å². The number of methoxy groups -OCH3 is 1. The van der Waals surface area contributed by atoms with E-state index in [1.807, 2.05) is 13.1 Å². The van der Waals surface area contributed by atoms with Gasteiger partial charge < -0.3 is 19.5 Å². The molecule has 0 fully saturated rings. The Hall–Kier alpha value is -3.12. The van der Waals surface area contributed by atoms with Gasteiger partial charge in [0.15, 0.2) is 0 Å². The lowest BCUT2D eigenvalue weighted by Crippen LogP contribution is -2.25. The molecule has 0 spiro atoms. The number of anilines is 1. The summed E-state index contributed by atoms with van der Waals surface area (Å²) in [5.74, 6) is 0.619. The third kappa shape index (κ3) is 6.70. The maximum atomic E-state index is 12.8. The van der Waals surface area contributed by atoms with Gasteiger partial charge in [-0.1, -0.05) is 6.07 Å². The lowest BCUT2D eigenvalue weighted by Gasteiger charge is -2.15. The maximum Gasteiger partial charge on any atom is 0.320 e. The summed E-state index contributed by atoms with van der Waals surface area (Å²) in [7, 11) is 6.99. The van der Waals surface area contributed by atoms with Crippen LogP contribution in [0.5, 0.6) is 11.5 Å². The van der Waals surface area contributed by atoms with Crippen molar-refractivity contribution in [3.8, 4) is 22.8 Å². The van der Waals surface area contributed by atoms with Crippen molar-refractivity contribution >= 4 is 40.2 Å². The minimum absolute atomic E-state index is 0.128. The molecule has 0 bridgehead atoms. The highest BCUT2D eigenvalue weighted by atomic mass is 127. The summed E-state index contributed by atoms with van der Waals surface area (Å²) in [6.45, 7) is 0.527. The highest BCUT2D eigenvalue weighted by molar-refractivity contribution is 14.1. The minimum atomic E-state index is -0.314. The van der Waals surface area contributed by atoms with Crippen molar-refractivity contribution in [3.63, 3.8) is 0 Å². The van der Waals surface area contributed by atoms with Crippen LogP contribution in [0.3, 0.4) is 0 Å². The maximum absolute atomic E-state index is 12.8. The first-order valence-corrected chi connectivity index (χ1v) is 11.6. The Morgan fingerprint density at radius 2 is 1.94 bits per heavy atom. The summed E-state index contributed by atoms with van der Waals surface area (Å²) in [5, 5.41) is 7.24.